The normalized spacial score (nSPS) is 20.9. The molecule has 6 heteroatoms. The maximum atomic E-state index is 12.8. The zero-order chi connectivity index (χ0) is 15.8. The molecule has 0 bridgehead atoms. The number of aryl methyl sites for hydroxylation is 1. The van der Waals surface area contributed by atoms with Gasteiger partial charge in [-0.15, -0.1) is 0 Å². The van der Waals surface area contributed by atoms with Crippen molar-refractivity contribution >= 4 is 5.91 Å². The first-order valence-electron chi connectivity index (χ1n) is 8.12. The molecule has 6 nitrogen and oxygen atoms in total. The molecule has 2 aromatic rings. The Balaban J connectivity index is 1.59. The van der Waals surface area contributed by atoms with Gasteiger partial charge in [0.2, 0.25) is 5.91 Å². The Morgan fingerprint density at radius 2 is 2.26 bits per heavy atom. The summed E-state index contributed by atoms with van der Waals surface area (Å²) in [7, 11) is 1.99. The second kappa shape index (κ2) is 5.77. The summed E-state index contributed by atoms with van der Waals surface area (Å²) in [6.07, 6.45) is 6.62. The fourth-order valence-corrected chi connectivity index (χ4v) is 3.50. The van der Waals surface area contributed by atoms with Gasteiger partial charge in [-0.3, -0.25) is 14.7 Å². The van der Waals surface area contributed by atoms with Gasteiger partial charge in [0.05, 0.1) is 23.6 Å². The third kappa shape index (κ3) is 2.63. The number of fused-ring (bicyclic) bond motifs is 1. The zero-order valence-electron chi connectivity index (χ0n) is 13.4. The van der Waals surface area contributed by atoms with Gasteiger partial charge in [-0.1, -0.05) is 6.07 Å². The minimum absolute atomic E-state index is 0.108. The Labute approximate surface area is 135 Å². The number of carbonyl (C=O) groups excluding carboxylic acids is 1. The Morgan fingerprint density at radius 3 is 2.96 bits per heavy atom. The van der Waals surface area contributed by atoms with Crippen molar-refractivity contribution in [3.8, 4) is 0 Å². The number of aromatic nitrogens is 3. The van der Waals surface area contributed by atoms with E-state index in [-0.39, 0.29) is 11.8 Å². The standard InChI is InChI=1S/C17H21N5O/c1-20-12-19-15-11-21(9-13-4-2-5-18-8-13)10-14(16(15)20)17(23)22-6-3-7-22/h2,4-5,8,12,14H,3,6-7,9-11H2,1H3/t14-/m1/s1. The van der Waals surface area contributed by atoms with Crippen LogP contribution in [-0.2, 0) is 24.9 Å². The van der Waals surface area contributed by atoms with Crippen molar-refractivity contribution in [1.29, 1.82) is 0 Å². The third-order valence-electron chi connectivity index (χ3n) is 4.80. The summed E-state index contributed by atoms with van der Waals surface area (Å²) in [4.78, 5) is 25.8. The van der Waals surface area contributed by atoms with E-state index in [4.69, 9.17) is 0 Å². The van der Waals surface area contributed by atoms with Gasteiger partial charge in [0.25, 0.3) is 0 Å². The maximum Gasteiger partial charge on any atom is 0.233 e. The molecule has 1 saturated heterocycles. The van der Waals surface area contributed by atoms with Crippen LogP contribution in [-0.4, -0.2) is 49.9 Å². The Hall–Kier alpha value is -2.21. The van der Waals surface area contributed by atoms with Crippen molar-refractivity contribution in [1.82, 2.24) is 24.3 Å². The number of hydrogen-bond acceptors (Lipinski definition) is 4. The lowest BCUT2D eigenvalue weighted by molar-refractivity contribution is -0.137. The van der Waals surface area contributed by atoms with E-state index < -0.39 is 0 Å². The average Bonchev–Trinajstić information content (AvgIpc) is 2.87. The molecule has 2 aromatic heterocycles. The summed E-state index contributed by atoms with van der Waals surface area (Å²) in [6.45, 7) is 4.12. The van der Waals surface area contributed by atoms with Crippen molar-refractivity contribution in [2.24, 2.45) is 7.05 Å². The minimum Gasteiger partial charge on any atom is -0.342 e. The number of pyridine rings is 1. The molecule has 1 atom stereocenters. The van der Waals surface area contributed by atoms with E-state index in [0.717, 1.165) is 50.5 Å². The summed E-state index contributed by atoms with van der Waals surface area (Å²) < 4.78 is 2.01. The molecule has 1 amide bonds. The zero-order valence-corrected chi connectivity index (χ0v) is 13.4. The summed E-state index contributed by atoms with van der Waals surface area (Å²) in [5.74, 6) is 0.139. The van der Waals surface area contributed by atoms with E-state index in [1.54, 1.807) is 6.20 Å². The smallest absolute Gasteiger partial charge is 0.233 e. The summed E-state index contributed by atoms with van der Waals surface area (Å²) in [5.41, 5.74) is 3.29. The molecule has 2 aliphatic heterocycles. The number of nitrogens with zero attached hydrogens (tertiary/aromatic N) is 5. The summed E-state index contributed by atoms with van der Waals surface area (Å²) >= 11 is 0. The first-order chi connectivity index (χ1) is 11.2. The molecular weight excluding hydrogens is 290 g/mol. The quantitative estimate of drug-likeness (QED) is 0.853. The van der Waals surface area contributed by atoms with Gasteiger partial charge in [0.1, 0.15) is 0 Å². The molecule has 23 heavy (non-hydrogen) atoms. The van der Waals surface area contributed by atoms with Crippen LogP contribution in [0.15, 0.2) is 30.9 Å². The van der Waals surface area contributed by atoms with E-state index in [1.807, 2.05) is 35.1 Å². The van der Waals surface area contributed by atoms with E-state index in [9.17, 15) is 4.79 Å². The van der Waals surface area contributed by atoms with Gasteiger partial charge in [0, 0.05) is 52.2 Å². The molecule has 2 aliphatic rings. The SMILES string of the molecule is Cn1cnc2c1[C@H](C(=O)N1CCC1)CN(Cc1cccnc1)C2. The van der Waals surface area contributed by atoms with Crippen LogP contribution in [0, 0.1) is 0 Å². The van der Waals surface area contributed by atoms with E-state index in [2.05, 4.69) is 20.9 Å². The number of carbonyl (C=O) groups is 1. The van der Waals surface area contributed by atoms with E-state index in [0.29, 0.717) is 0 Å². The van der Waals surface area contributed by atoms with Crippen molar-refractivity contribution < 1.29 is 4.79 Å². The molecule has 4 rings (SSSR count). The molecule has 0 saturated carbocycles. The van der Waals surface area contributed by atoms with Crippen molar-refractivity contribution in [2.45, 2.75) is 25.4 Å². The maximum absolute atomic E-state index is 12.8. The first-order valence-corrected chi connectivity index (χ1v) is 8.12. The summed E-state index contributed by atoms with van der Waals surface area (Å²) in [5, 5.41) is 0. The minimum atomic E-state index is -0.108. The van der Waals surface area contributed by atoms with Crippen LogP contribution in [0.25, 0.3) is 0 Å². The van der Waals surface area contributed by atoms with Crippen LogP contribution in [0.3, 0.4) is 0 Å². The van der Waals surface area contributed by atoms with Gasteiger partial charge >= 0.3 is 0 Å². The highest BCUT2D eigenvalue weighted by Crippen LogP contribution is 2.30. The van der Waals surface area contributed by atoms with Crippen LogP contribution < -0.4 is 0 Å². The van der Waals surface area contributed by atoms with E-state index >= 15 is 0 Å². The van der Waals surface area contributed by atoms with Gasteiger partial charge in [-0.2, -0.15) is 0 Å². The van der Waals surface area contributed by atoms with Gasteiger partial charge in [-0.05, 0) is 18.1 Å². The molecule has 0 aromatic carbocycles. The second-order valence-corrected chi connectivity index (χ2v) is 6.45. The Kier molecular flexibility index (Phi) is 3.61. The average molecular weight is 311 g/mol. The fourth-order valence-electron chi connectivity index (χ4n) is 3.50. The predicted octanol–water partition coefficient (Wildman–Crippen LogP) is 1.15. The van der Waals surface area contributed by atoms with Crippen LogP contribution >= 0.6 is 0 Å². The molecule has 120 valence electrons. The number of amides is 1. The molecule has 0 radical (unpaired) electrons. The van der Waals surface area contributed by atoms with Crippen molar-refractivity contribution in [2.75, 3.05) is 19.6 Å². The van der Waals surface area contributed by atoms with Crippen LogP contribution in [0.5, 0.6) is 0 Å². The lowest BCUT2D eigenvalue weighted by atomic mass is 9.95. The fraction of sp³-hybridized carbons (Fsp3) is 0.471. The topological polar surface area (TPSA) is 54.3 Å². The van der Waals surface area contributed by atoms with Crippen LogP contribution in [0.4, 0.5) is 0 Å². The third-order valence-corrected chi connectivity index (χ3v) is 4.80. The van der Waals surface area contributed by atoms with Gasteiger partial charge < -0.3 is 9.47 Å². The Bertz CT molecular complexity index is 707. The number of rotatable bonds is 3. The highest BCUT2D eigenvalue weighted by molar-refractivity contribution is 5.84. The molecule has 0 unspecified atom stereocenters. The van der Waals surface area contributed by atoms with Crippen molar-refractivity contribution in [3.05, 3.63) is 47.8 Å². The molecular formula is C17H21N5O. The van der Waals surface area contributed by atoms with E-state index in [1.165, 1.54) is 5.56 Å². The van der Waals surface area contributed by atoms with Gasteiger partial charge in [-0.25, -0.2) is 4.98 Å². The molecule has 4 heterocycles. The molecule has 0 spiro atoms. The van der Waals surface area contributed by atoms with Crippen molar-refractivity contribution in [3.63, 3.8) is 0 Å². The molecule has 0 aliphatic carbocycles. The highest BCUT2D eigenvalue weighted by Gasteiger charge is 2.37. The number of hydrogen-bond donors (Lipinski definition) is 0. The van der Waals surface area contributed by atoms with Crippen LogP contribution in [0.2, 0.25) is 0 Å². The highest BCUT2D eigenvalue weighted by atomic mass is 16.2. The number of imidazole rings is 1. The predicted molar refractivity (Wildman–Crippen MR) is 85.5 cm³/mol. The monoisotopic (exact) mass is 311 g/mol. The summed E-state index contributed by atoms with van der Waals surface area (Å²) in [6, 6.07) is 4.03. The molecule has 0 N–H and O–H groups in total. The molecule has 1 fully saturated rings. The first kappa shape index (κ1) is 14.4. The second-order valence-electron chi connectivity index (χ2n) is 6.45. The number of likely N-dealkylation sites (tertiary alicyclic amines) is 1. The lowest BCUT2D eigenvalue weighted by Gasteiger charge is -2.38. The van der Waals surface area contributed by atoms with Crippen LogP contribution in [0.1, 0.15) is 29.3 Å². The largest absolute Gasteiger partial charge is 0.342 e. The lowest BCUT2D eigenvalue weighted by Crippen LogP contribution is -2.48. The Morgan fingerprint density at radius 1 is 1.39 bits per heavy atom. The van der Waals surface area contributed by atoms with Gasteiger partial charge in [0.15, 0.2) is 0 Å².